The molecule has 12 heteroatoms. The maximum atomic E-state index is 12.7. The van der Waals surface area contributed by atoms with Crippen LogP contribution in [0.2, 0.25) is 0 Å². The molecule has 2 rings (SSSR count). The van der Waals surface area contributed by atoms with Crippen LogP contribution in [0.3, 0.4) is 0 Å². The van der Waals surface area contributed by atoms with E-state index in [4.69, 9.17) is 5.11 Å². The molecule has 1 heterocycles. The number of carboxylic acid groups (broad SMARTS) is 1. The number of nitrogens with one attached hydrogen (secondary N) is 1. The summed E-state index contributed by atoms with van der Waals surface area (Å²) in [5.41, 5.74) is -1.47. The molecule has 0 aliphatic rings. The first-order valence-corrected chi connectivity index (χ1v) is 7.20. The maximum absolute atomic E-state index is 12.7. The highest BCUT2D eigenvalue weighted by Crippen LogP contribution is 2.30. The van der Waals surface area contributed by atoms with Gasteiger partial charge in [0.2, 0.25) is 0 Å². The molecule has 0 saturated heterocycles. The Morgan fingerprint density at radius 2 is 1.81 bits per heavy atom. The Kier molecular flexibility index (Phi) is 5.47. The van der Waals surface area contributed by atoms with Crippen LogP contribution in [-0.4, -0.2) is 39.0 Å². The Hall–Kier alpha value is -3.05. The lowest BCUT2D eigenvalue weighted by Crippen LogP contribution is -2.43. The molecule has 0 aliphatic heterocycles. The average Bonchev–Trinajstić information content (AvgIpc) is 3.02. The lowest BCUT2D eigenvalue weighted by Gasteiger charge is -2.15. The van der Waals surface area contributed by atoms with Gasteiger partial charge >= 0.3 is 18.3 Å². The van der Waals surface area contributed by atoms with Gasteiger partial charge in [-0.15, -0.1) is 0 Å². The van der Waals surface area contributed by atoms with E-state index in [1.54, 1.807) is 5.32 Å². The summed E-state index contributed by atoms with van der Waals surface area (Å²) in [5, 5.41) is 14.1. The number of nitrogens with zero attached hydrogens (tertiary/aromatic N) is 2. The number of alkyl halides is 6. The largest absolute Gasteiger partial charge is 0.480 e. The first-order valence-electron chi connectivity index (χ1n) is 7.20. The van der Waals surface area contributed by atoms with E-state index in [2.05, 4.69) is 5.10 Å². The van der Waals surface area contributed by atoms with Crippen LogP contribution in [0.4, 0.5) is 26.3 Å². The smallest absolute Gasteiger partial charge is 0.416 e. The van der Waals surface area contributed by atoms with Crippen LogP contribution < -0.4 is 5.32 Å². The molecule has 1 unspecified atom stereocenters. The third-order valence-corrected chi connectivity index (χ3v) is 3.30. The Balaban J connectivity index is 2.19. The second-order valence-corrected chi connectivity index (χ2v) is 5.38. The fraction of sp³-hybridized carbons (Fsp3) is 0.267. The molecule has 0 radical (unpaired) electrons. The minimum atomic E-state index is -4.83. The molecule has 0 fully saturated rings. The average molecular weight is 395 g/mol. The van der Waals surface area contributed by atoms with E-state index < -0.39 is 47.9 Å². The zero-order valence-corrected chi connectivity index (χ0v) is 13.2. The third-order valence-electron chi connectivity index (χ3n) is 3.30. The quantitative estimate of drug-likeness (QED) is 0.763. The van der Waals surface area contributed by atoms with Crippen LogP contribution in [0.5, 0.6) is 0 Å². The number of halogens is 6. The summed E-state index contributed by atoms with van der Waals surface area (Å²) in [5.74, 6) is -3.10. The molecular formula is C15H11F6N3O3. The van der Waals surface area contributed by atoms with Gasteiger partial charge in [0.1, 0.15) is 6.04 Å². The van der Waals surface area contributed by atoms with E-state index in [1.165, 1.54) is 6.07 Å². The Labute approximate surface area is 147 Å². The van der Waals surface area contributed by atoms with Crippen molar-refractivity contribution in [3.63, 3.8) is 0 Å². The number of aliphatic carboxylic acids is 1. The van der Waals surface area contributed by atoms with Gasteiger partial charge in [0.25, 0.3) is 5.91 Å². The van der Waals surface area contributed by atoms with Crippen LogP contribution in [0.25, 0.3) is 5.69 Å². The normalized spacial score (nSPS) is 13.3. The summed E-state index contributed by atoms with van der Waals surface area (Å²) in [6, 6.07) is 2.78. The van der Waals surface area contributed by atoms with Gasteiger partial charge in [-0.2, -0.15) is 31.4 Å². The molecule has 1 atom stereocenters. The lowest BCUT2D eigenvalue weighted by molar-refractivity contribution is -0.157. The number of hydrogen-bond donors (Lipinski definition) is 2. The molecular weight excluding hydrogens is 384 g/mol. The van der Waals surface area contributed by atoms with E-state index in [0.29, 0.717) is 0 Å². The first-order chi connectivity index (χ1) is 12.4. The molecule has 0 spiro atoms. The van der Waals surface area contributed by atoms with Gasteiger partial charge in [0, 0.05) is 6.20 Å². The summed E-state index contributed by atoms with van der Waals surface area (Å²) in [6.45, 7) is 0. The topological polar surface area (TPSA) is 84.2 Å². The van der Waals surface area contributed by atoms with Gasteiger partial charge in [-0.3, -0.25) is 4.79 Å². The number of benzene rings is 1. The van der Waals surface area contributed by atoms with Crippen LogP contribution in [0.15, 0.2) is 36.5 Å². The highest BCUT2D eigenvalue weighted by Gasteiger charge is 2.36. The number of rotatable bonds is 5. The number of aromatic nitrogens is 2. The van der Waals surface area contributed by atoms with E-state index in [-0.39, 0.29) is 5.69 Å². The van der Waals surface area contributed by atoms with Gasteiger partial charge in [-0.1, -0.05) is 6.07 Å². The molecule has 6 nitrogen and oxygen atoms in total. The molecule has 0 bridgehead atoms. The van der Waals surface area contributed by atoms with Crippen LogP contribution in [0.1, 0.15) is 22.5 Å². The van der Waals surface area contributed by atoms with Crippen molar-refractivity contribution >= 4 is 11.9 Å². The van der Waals surface area contributed by atoms with E-state index in [9.17, 15) is 35.9 Å². The van der Waals surface area contributed by atoms with Crippen LogP contribution >= 0.6 is 0 Å². The highest BCUT2D eigenvalue weighted by molar-refractivity contribution is 5.94. The highest BCUT2D eigenvalue weighted by atomic mass is 19.4. The van der Waals surface area contributed by atoms with Crippen molar-refractivity contribution in [1.29, 1.82) is 0 Å². The number of hydrogen-bond acceptors (Lipinski definition) is 3. The van der Waals surface area contributed by atoms with E-state index >= 15 is 0 Å². The summed E-state index contributed by atoms with van der Waals surface area (Å²) in [4.78, 5) is 22.8. The third kappa shape index (κ3) is 5.46. The molecule has 0 saturated carbocycles. The molecule has 1 aromatic heterocycles. The van der Waals surface area contributed by atoms with Crippen molar-refractivity contribution in [2.24, 2.45) is 0 Å². The molecule has 27 heavy (non-hydrogen) atoms. The van der Waals surface area contributed by atoms with Crippen molar-refractivity contribution in [2.75, 3.05) is 0 Å². The summed E-state index contributed by atoms with van der Waals surface area (Å²) >= 11 is 0. The molecule has 2 aromatic rings. The fourth-order valence-electron chi connectivity index (χ4n) is 2.08. The number of carbonyl (C=O) groups is 2. The summed E-state index contributed by atoms with van der Waals surface area (Å²) in [6.07, 6.45) is -10.1. The minimum Gasteiger partial charge on any atom is -0.480 e. The van der Waals surface area contributed by atoms with Crippen molar-refractivity contribution < 1.29 is 41.0 Å². The van der Waals surface area contributed by atoms with Crippen molar-refractivity contribution in [2.45, 2.75) is 24.8 Å². The summed E-state index contributed by atoms with van der Waals surface area (Å²) < 4.78 is 76.2. The number of carboxylic acids is 1. The van der Waals surface area contributed by atoms with Gasteiger partial charge in [0.15, 0.2) is 5.69 Å². The van der Waals surface area contributed by atoms with E-state index in [1.807, 2.05) is 0 Å². The van der Waals surface area contributed by atoms with Gasteiger partial charge in [0.05, 0.1) is 17.7 Å². The SMILES string of the molecule is O=C(NC(CC(F)(F)F)C(=O)O)c1ccn(-c2cccc(C(F)(F)F)c2)n1. The van der Waals surface area contributed by atoms with Crippen molar-refractivity contribution in [3.05, 3.63) is 47.8 Å². The predicted molar refractivity (Wildman–Crippen MR) is 78.1 cm³/mol. The second-order valence-electron chi connectivity index (χ2n) is 5.38. The molecule has 2 N–H and O–H groups in total. The van der Waals surface area contributed by atoms with Gasteiger partial charge in [-0.05, 0) is 24.3 Å². The molecule has 0 aliphatic carbocycles. The number of carbonyl (C=O) groups excluding carboxylic acids is 1. The van der Waals surface area contributed by atoms with Gasteiger partial charge in [-0.25, -0.2) is 9.48 Å². The maximum Gasteiger partial charge on any atom is 0.416 e. The molecule has 146 valence electrons. The second kappa shape index (κ2) is 7.29. The predicted octanol–water partition coefficient (Wildman–Crippen LogP) is 3.03. The Morgan fingerprint density at radius 1 is 1.15 bits per heavy atom. The zero-order chi connectivity index (χ0) is 20.4. The molecule has 1 amide bonds. The zero-order valence-electron chi connectivity index (χ0n) is 13.2. The molecule has 1 aromatic carbocycles. The first kappa shape index (κ1) is 20.3. The summed E-state index contributed by atoms with van der Waals surface area (Å²) in [7, 11) is 0. The Morgan fingerprint density at radius 3 is 2.37 bits per heavy atom. The standard InChI is InChI=1S/C15H11F6N3O3/c16-14(17,18)7-11(13(26)27)22-12(25)10-4-5-24(23-10)9-3-1-2-8(6-9)15(19,20)21/h1-6,11H,7H2,(H,22,25)(H,26,27). The van der Waals surface area contributed by atoms with Crippen molar-refractivity contribution in [1.82, 2.24) is 15.1 Å². The van der Waals surface area contributed by atoms with Crippen LogP contribution in [0, 0.1) is 0 Å². The number of amides is 1. The Bertz CT molecular complexity index is 844. The fourth-order valence-corrected chi connectivity index (χ4v) is 2.08. The minimum absolute atomic E-state index is 0.0473. The lowest BCUT2D eigenvalue weighted by atomic mass is 10.2. The van der Waals surface area contributed by atoms with Crippen molar-refractivity contribution in [3.8, 4) is 5.69 Å². The van der Waals surface area contributed by atoms with E-state index in [0.717, 1.165) is 35.1 Å². The van der Waals surface area contributed by atoms with Gasteiger partial charge < -0.3 is 10.4 Å². The monoisotopic (exact) mass is 395 g/mol. The van der Waals surface area contributed by atoms with Crippen LogP contribution in [-0.2, 0) is 11.0 Å².